The van der Waals surface area contributed by atoms with Crippen LogP contribution in [0, 0.1) is 17.1 Å². The van der Waals surface area contributed by atoms with E-state index in [1.165, 1.54) is 23.5 Å². The van der Waals surface area contributed by atoms with Crippen molar-refractivity contribution in [2.24, 2.45) is 0 Å². The summed E-state index contributed by atoms with van der Waals surface area (Å²) in [5, 5.41) is 20.5. The molecule has 5 rings (SSSR count). The number of carbonyl (C=O) groups is 1. The lowest BCUT2D eigenvalue weighted by atomic mass is 10.1. The number of nitrogens with one attached hydrogen (secondary N) is 1. The van der Waals surface area contributed by atoms with Crippen molar-refractivity contribution in [1.82, 2.24) is 20.5 Å². The van der Waals surface area contributed by atoms with Gasteiger partial charge in [-0.1, -0.05) is 18.2 Å². The predicted octanol–water partition coefficient (Wildman–Crippen LogP) is 3.79. The van der Waals surface area contributed by atoms with Gasteiger partial charge < -0.3 is 9.73 Å². The maximum atomic E-state index is 13.5. The number of nitriles is 1. The van der Waals surface area contributed by atoms with Crippen LogP contribution in [0.2, 0.25) is 0 Å². The van der Waals surface area contributed by atoms with Crippen LogP contribution in [-0.2, 0) is 17.6 Å². The fraction of sp³-hybridized carbons (Fsp3) is 0.227. The molecule has 0 bridgehead atoms. The molecule has 4 aromatic rings. The number of carbonyl (C=O) groups excluding carboxylic acids is 1. The molecule has 1 saturated carbocycles. The molecular weight excluding hydrogens is 417 g/mol. The van der Waals surface area contributed by atoms with Gasteiger partial charge in [0.1, 0.15) is 22.8 Å². The van der Waals surface area contributed by atoms with Crippen molar-refractivity contribution >= 4 is 27.5 Å². The van der Waals surface area contributed by atoms with Gasteiger partial charge in [0.25, 0.3) is 0 Å². The zero-order valence-corrected chi connectivity index (χ0v) is 17.1. The van der Waals surface area contributed by atoms with Crippen molar-refractivity contribution in [2.45, 2.75) is 31.2 Å². The normalized spacial score (nSPS) is 14.3. The average molecular weight is 433 g/mol. The molecule has 1 fully saturated rings. The summed E-state index contributed by atoms with van der Waals surface area (Å²) in [6.45, 7) is 0. The summed E-state index contributed by atoms with van der Waals surface area (Å²) in [5.41, 5.74) is 1.84. The topological polar surface area (TPSA) is 105 Å². The molecule has 0 unspecified atom stereocenters. The third-order valence-electron chi connectivity index (χ3n) is 5.06. The van der Waals surface area contributed by atoms with E-state index in [1.54, 1.807) is 6.07 Å². The van der Waals surface area contributed by atoms with Gasteiger partial charge in [0.05, 0.1) is 22.7 Å². The summed E-state index contributed by atoms with van der Waals surface area (Å²) in [4.78, 5) is 16.7. The Morgan fingerprint density at radius 3 is 2.77 bits per heavy atom. The molecule has 7 nitrogen and oxygen atoms in total. The summed E-state index contributed by atoms with van der Waals surface area (Å²) >= 11 is 1.50. The Morgan fingerprint density at radius 2 is 2.00 bits per heavy atom. The van der Waals surface area contributed by atoms with E-state index >= 15 is 0 Å². The Labute approximate surface area is 180 Å². The molecule has 0 aliphatic heterocycles. The fourth-order valence-electron chi connectivity index (χ4n) is 3.29. The van der Waals surface area contributed by atoms with Crippen molar-refractivity contribution in [1.29, 1.82) is 5.26 Å². The zero-order valence-electron chi connectivity index (χ0n) is 16.3. The van der Waals surface area contributed by atoms with Gasteiger partial charge >= 0.3 is 0 Å². The second-order valence-electron chi connectivity index (χ2n) is 7.49. The standard InChI is InChI=1S/C22H16FN5O2S/c23-15-3-1-2-13(8-15)14-4-5-16-17(9-14)31-21(25-16)11-20-28-27-19(30-20)10-18(29)26-22(12-24)6-7-22/h1-5,8-9H,6-7,10-11H2,(H,26,29). The Balaban J connectivity index is 1.28. The van der Waals surface area contributed by atoms with Gasteiger partial charge in [0, 0.05) is 0 Å². The molecule has 2 aromatic heterocycles. The average Bonchev–Trinajstić information content (AvgIpc) is 3.19. The molecule has 31 heavy (non-hydrogen) atoms. The third-order valence-corrected chi connectivity index (χ3v) is 6.07. The first-order valence-corrected chi connectivity index (χ1v) is 10.5. The molecule has 0 spiro atoms. The van der Waals surface area contributed by atoms with Crippen LogP contribution in [0.3, 0.4) is 0 Å². The molecule has 1 N–H and O–H groups in total. The molecule has 9 heteroatoms. The van der Waals surface area contributed by atoms with Crippen molar-refractivity contribution in [3.05, 3.63) is 65.1 Å². The summed E-state index contributed by atoms with van der Waals surface area (Å²) in [6.07, 6.45) is 1.63. The van der Waals surface area contributed by atoms with Crippen LogP contribution in [0.4, 0.5) is 4.39 Å². The van der Waals surface area contributed by atoms with E-state index in [1.807, 2.05) is 24.3 Å². The van der Waals surface area contributed by atoms with E-state index in [0.29, 0.717) is 25.2 Å². The minimum atomic E-state index is -0.717. The van der Waals surface area contributed by atoms with Crippen molar-refractivity contribution in [3.8, 4) is 17.2 Å². The molecule has 1 amide bonds. The highest BCUT2D eigenvalue weighted by Gasteiger charge is 2.44. The van der Waals surface area contributed by atoms with Crippen molar-refractivity contribution in [3.63, 3.8) is 0 Å². The van der Waals surface area contributed by atoms with Gasteiger partial charge in [0.15, 0.2) is 0 Å². The van der Waals surface area contributed by atoms with E-state index in [0.717, 1.165) is 26.4 Å². The first-order chi connectivity index (χ1) is 15.0. The zero-order chi connectivity index (χ0) is 21.4. The van der Waals surface area contributed by atoms with Crippen LogP contribution in [0.25, 0.3) is 21.3 Å². The van der Waals surface area contributed by atoms with E-state index in [9.17, 15) is 9.18 Å². The largest absolute Gasteiger partial charge is 0.424 e. The van der Waals surface area contributed by atoms with Gasteiger partial charge in [-0.05, 0) is 48.2 Å². The van der Waals surface area contributed by atoms with Crippen molar-refractivity contribution < 1.29 is 13.6 Å². The smallest absolute Gasteiger partial charge is 0.230 e. The van der Waals surface area contributed by atoms with E-state index < -0.39 is 5.54 Å². The number of fused-ring (bicyclic) bond motifs is 1. The van der Waals surface area contributed by atoms with Gasteiger partial charge in [0.2, 0.25) is 17.7 Å². The summed E-state index contributed by atoms with van der Waals surface area (Å²) in [5.74, 6) is -0.00752. The number of benzene rings is 2. The summed E-state index contributed by atoms with van der Waals surface area (Å²) in [7, 11) is 0. The summed E-state index contributed by atoms with van der Waals surface area (Å²) < 4.78 is 20.1. The van der Waals surface area contributed by atoms with Crippen LogP contribution in [0.1, 0.15) is 29.6 Å². The molecule has 2 aromatic carbocycles. The van der Waals surface area contributed by atoms with Crippen molar-refractivity contribution in [2.75, 3.05) is 0 Å². The number of rotatable bonds is 6. The van der Waals surface area contributed by atoms with Crippen LogP contribution in [0.15, 0.2) is 46.9 Å². The Kier molecular flexibility index (Phi) is 4.71. The lowest BCUT2D eigenvalue weighted by molar-refractivity contribution is -0.121. The number of hydrogen-bond donors (Lipinski definition) is 1. The lowest BCUT2D eigenvalue weighted by Crippen LogP contribution is -2.36. The molecule has 1 aliphatic rings. The number of amides is 1. The van der Waals surface area contributed by atoms with E-state index in [2.05, 4.69) is 26.6 Å². The third kappa shape index (κ3) is 4.15. The first-order valence-electron chi connectivity index (χ1n) is 9.71. The molecule has 2 heterocycles. The molecule has 0 radical (unpaired) electrons. The van der Waals surface area contributed by atoms with E-state index in [-0.39, 0.29) is 24.0 Å². The van der Waals surface area contributed by atoms with Gasteiger partial charge in [-0.25, -0.2) is 9.37 Å². The highest BCUT2D eigenvalue weighted by Crippen LogP contribution is 2.34. The second kappa shape index (κ2) is 7.56. The summed E-state index contributed by atoms with van der Waals surface area (Å²) in [6, 6.07) is 14.4. The molecular formula is C22H16FN5O2S. The monoisotopic (exact) mass is 433 g/mol. The minimum Gasteiger partial charge on any atom is -0.424 e. The quantitative estimate of drug-likeness (QED) is 0.496. The SMILES string of the molecule is N#CC1(NC(=O)Cc2nnc(Cc3nc4ccc(-c5cccc(F)c5)cc4s3)o2)CC1. The first kappa shape index (κ1) is 19.3. The van der Waals surface area contributed by atoms with Gasteiger partial charge in [-0.15, -0.1) is 21.5 Å². The minimum absolute atomic E-state index is 0.0622. The highest BCUT2D eigenvalue weighted by molar-refractivity contribution is 7.18. The number of hydrogen-bond acceptors (Lipinski definition) is 7. The fourth-order valence-corrected chi connectivity index (χ4v) is 4.29. The Bertz CT molecular complexity index is 1340. The van der Waals surface area contributed by atoms with Gasteiger partial charge in [-0.3, -0.25) is 4.79 Å². The van der Waals surface area contributed by atoms with Gasteiger partial charge in [-0.2, -0.15) is 5.26 Å². The number of nitrogens with zero attached hydrogens (tertiary/aromatic N) is 4. The highest BCUT2D eigenvalue weighted by atomic mass is 32.1. The second-order valence-corrected chi connectivity index (χ2v) is 8.60. The van der Waals surface area contributed by atoms with Crippen LogP contribution >= 0.6 is 11.3 Å². The number of thiazole rings is 1. The molecule has 1 aliphatic carbocycles. The van der Waals surface area contributed by atoms with Crippen LogP contribution in [-0.4, -0.2) is 26.6 Å². The maximum Gasteiger partial charge on any atom is 0.230 e. The Hall–Kier alpha value is -3.64. The lowest BCUT2D eigenvalue weighted by Gasteiger charge is -2.06. The number of aromatic nitrogens is 3. The Morgan fingerprint density at radius 1 is 1.19 bits per heavy atom. The predicted molar refractivity (Wildman–Crippen MR) is 112 cm³/mol. The van der Waals surface area contributed by atoms with E-state index in [4.69, 9.17) is 9.68 Å². The maximum absolute atomic E-state index is 13.5. The molecule has 154 valence electrons. The van der Waals surface area contributed by atoms with Crippen LogP contribution in [0.5, 0.6) is 0 Å². The van der Waals surface area contributed by atoms with Crippen LogP contribution < -0.4 is 5.32 Å². The molecule has 0 saturated heterocycles. The number of halogens is 1. The molecule has 0 atom stereocenters.